The fraction of sp³-hybridized carbons (Fsp3) is 0. The Labute approximate surface area is 118 Å². The van der Waals surface area contributed by atoms with Gasteiger partial charge < -0.3 is 10.1 Å². The lowest BCUT2D eigenvalue weighted by Gasteiger charge is -1.97. The van der Waals surface area contributed by atoms with E-state index in [1.54, 1.807) is 18.3 Å². The van der Waals surface area contributed by atoms with Crippen LogP contribution in [0.5, 0.6) is 5.75 Å². The topological polar surface area (TPSA) is 48.4 Å². The van der Waals surface area contributed by atoms with Crippen LogP contribution in [0.3, 0.4) is 0 Å². The molecule has 3 nitrogen and oxygen atoms in total. The Morgan fingerprint density at radius 2 is 2.05 bits per heavy atom. The number of hydrogen-bond acceptors (Lipinski definition) is 4. The zero-order valence-electron chi connectivity index (χ0n) is 9.83. The van der Waals surface area contributed by atoms with E-state index in [1.807, 2.05) is 30.3 Å². The number of nitrogens with zero attached hydrogens (tertiary/aromatic N) is 1. The summed E-state index contributed by atoms with van der Waals surface area (Å²) < 4.78 is 1.84. The first-order valence-corrected chi connectivity index (χ1v) is 6.90. The zero-order valence-corrected chi connectivity index (χ0v) is 11.5. The van der Waals surface area contributed by atoms with Gasteiger partial charge >= 0.3 is 0 Å². The first-order valence-electron chi connectivity index (χ1n) is 5.67. The number of nitrogens with one attached hydrogen (secondary N) is 1. The number of benzene rings is 2. The van der Waals surface area contributed by atoms with Crippen LogP contribution in [0.1, 0.15) is 5.56 Å². The number of aromatic hydroxyl groups is 1. The molecule has 94 valence electrons. The Bertz CT molecular complexity index is 817. The van der Waals surface area contributed by atoms with Gasteiger partial charge in [0.25, 0.3) is 0 Å². The largest absolute Gasteiger partial charge is 0.507 e. The summed E-state index contributed by atoms with van der Waals surface area (Å²) in [4.78, 5) is 7.48. The number of rotatable bonds is 2. The van der Waals surface area contributed by atoms with E-state index in [1.165, 1.54) is 11.3 Å². The number of fused-ring (bicyclic) bond motifs is 1. The molecule has 1 aromatic heterocycles. The predicted octanol–water partition coefficient (Wildman–Crippen LogP) is 4.42. The van der Waals surface area contributed by atoms with Crippen molar-refractivity contribution in [3.05, 3.63) is 52.0 Å². The van der Waals surface area contributed by atoms with E-state index < -0.39 is 0 Å². The van der Waals surface area contributed by atoms with E-state index in [2.05, 4.69) is 9.98 Å². The van der Waals surface area contributed by atoms with Crippen molar-refractivity contribution in [2.45, 2.75) is 0 Å². The number of phenols is 1. The van der Waals surface area contributed by atoms with Crippen LogP contribution < -0.4 is 0 Å². The minimum Gasteiger partial charge on any atom is -0.507 e. The molecule has 0 aliphatic carbocycles. The zero-order chi connectivity index (χ0) is 13.2. The van der Waals surface area contributed by atoms with Gasteiger partial charge in [-0.1, -0.05) is 12.1 Å². The molecule has 19 heavy (non-hydrogen) atoms. The van der Waals surface area contributed by atoms with Crippen LogP contribution in [-0.2, 0) is 0 Å². The summed E-state index contributed by atoms with van der Waals surface area (Å²) in [5, 5.41) is 9.66. The lowest BCUT2D eigenvalue weighted by Crippen LogP contribution is -1.80. The molecular formula is C14H10N2OS2. The summed E-state index contributed by atoms with van der Waals surface area (Å²) in [5.41, 5.74) is 2.56. The maximum absolute atomic E-state index is 9.66. The van der Waals surface area contributed by atoms with Crippen molar-refractivity contribution < 1.29 is 5.11 Å². The number of aromatic amines is 1. The average Bonchev–Trinajstić information content (AvgIpc) is 2.77. The van der Waals surface area contributed by atoms with Crippen molar-refractivity contribution in [1.29, 1.82) is 0 Å². The molecule has 0 aliphatic rings. The highest BCUT2D eigenvalue weighted by molar-refractivity contribution is 7.73. The molecule has 0 spiro atoms. The molecule has 0 aliphatic heterocycles. The van der Waals surface area contributed by atoms with Crippen molar-refractivity contribution in [3.63, 3.8) is 0 Å². The molecule has 1 heterocycles. The van der Waals surface area contributed by atoms with Crippen LogP contribution in [0.2, 0.25) is 0 Å². The third-order valence-electron chi connectivity index (χ3n) is 2.69. The molecule has 0 radical (unpaired) electrons. The maximum atomic E-state index is 9.66. The number of aliphatic imine (C=N–C) groups is 1. The molecule has 2 N–H and O–H groups in total. The Morgan fingerprint density at radius 3 is 2.89 bits per heavy atom. The van der Waals surface area contributed by atoms with Gasteiger partial charge in [0.15, 0.2) is 3.95 Å². The molecule has 3 aromatic rings. The SMILES string of the molecule is Oc1ccccc1C=Nc1ccc2[nH]c(=S)sc2c1. The van der Waals surface area contributed by atoms with E-state index in [9.17, 15) is 5.11 Å². The molecule has 0 atom stereocenters. The first kappa shape index (κ1) is 12.1. The number of aromatic nitrogens is 1. The number of para-hydroxylation sites is 1. The van der Waals surface area contributed by atoms with Gasteiger partial charge in [-0.25, -0.2) is 0 Å². The Hall–Kier alpha value is -1.98. The molecule has 0 bridgehead atoms. The third-order valence-corrected chi connectivity index (χ3v) is 3.89. The lowest BCUT2D eigenvalue weighted by atomic mass is 10.2. The minimum absolute atomic E-state index is 0.227. The van der Waals surface area contributed by atoms with E-state index in [-0.39, 0.29) is 5.75 Å². The van der Waals surface area contributed by atoms with E-state index in [4.69, 9.17) is 12.2 Å². The van der Waals surface area contributed by atoms with Gasteiger partial charge in [-0.2, -0.15) is 0 Å². The molecule has 0 unspecified atom stereocenters. The van der Waals surface area contributed by atoms with Crippen molar-refractivity contribution in [1.82, 2.24) is 4.98 Å². The van der Waals surface area contributed by atoms with Crippen molar-refractivity contribution in [2.75, 3.05) is 0 Å². The average molecular weight is 286 g/mol. The summed E-state index contributed by atoms with van der Waals surface area (Å²) in [6.45, 7) is 0. The van der Waals surface area contributed by atoms with Crippen molar-refractivity contribution in [3.8, 4) is 5.75 Å². The van der Waals surface area contributed by atoms with Gasteiger partial charge in [0.2, 0.25) is 0 Å². The van der Waals surface area contributed by atoms with Gasteiger partial charge in [0, 0.05) is 11.8 Å². The highest BCUT2D eigenvalue weighted by Crippen LogP contribution is 2.25. The Balaban J connectivity index is 1.97. The number of phenolic OH excluding ortho intramolecular Hbond substituents is 1. The number of thiazole rings is 1. The quantitative estimate of drug-likeness (QED) is 0.541. The Morgan fingerprint density at radius 1 is 1.21 bits per heavy atom. The second kappa shape index (κ2) is 4.95. The van der Waals surface area contributed by atoms with Crippen LogP contribution in [0.4, 0.5) is 5.69 Å². The van der Waals surface area contributed by atoms with Gasteiger partial charge in [-0.15, -0.1) is 11.3 Å². The van der Waals surface area contributed by atoms with E-state index in [0.717, 1.165) is 19.9 Å². The monoisotopic (exact) mass is 286 g/mol. The predicted molar refractivity (Wildman–Crippen MR) is 82.4 cm³/mol. The van der Waals surface area contributed by atoms with Crippen LogP contribution in [-0.4, -0.2) is 16.3 Å². The fourth-order valence-electron chi connectivity index (χ4n) is 1.76. The highest BCUT2D eigenvalue weighted by atomic mass is 32.1. The van der Waals surface area contributed by atoms with Crippen molar-refractivity contribution in [2.24, 2.45) is 4.99 Å². The Kier molecular flexibility index (Phi) is 3.15. The summed E-state index contributed by atoms with van der Waals surface area (Å²) in [6, 6.07) is 13.0. The lowest BCUT2D eigenvalue weighted by molar-refractivity contribution is 0.474. The maximum Gasteiger partial charge on any atom is 0.159 e. The second-order valence-electron chi connectivity index (χ2n) is 4.01. The standard InChI is InChI=1S/C14H10N2OS2/c17-12-4-2-1-3-9(12)8-15-10-5-6-11-13(7-10)19-14(18)16-11/h1-8,17H,(H,16,18). The summed E-state index contributed by atoms with van der Waals surface area (Å²) in [7, 11) is 0. The molecule has 0 saturated heterocycles. The van der Waals surface area contributed by atoms with Crippen LogP contribution in [0.15, 0.2) is 47.5 Å². The fourth-order valence-corrected chi connectivity index (χ4v) is 2.90. The van der Waals surface area contributed by atoms with Gasteiger partial charge in [-0.05, 0) is 42.5 Å². The van der Waals surface area contributed by atoms with Gasteiger partial charge in [-0.3, -0.25) is 4.99 Å². The molecule has 2 aromatic carbocycles. The van der Waals surface area contributed by atoms with Gasteiger partial charge in [0.1, 0.15) is 5.75 Å². The third kappa shape index (κ3) is 2.57. The smallest absolute Gasteiger partial charge is 0.159 e. The second-order valence-corrected chi connectivity index (χ2v) is 5.73. The highest BCUT2D eigenvalue weighted by Gasteiger charge is 1.99. The number of hydrogen-bond donors (Lipinski definition) is 2. The van der Waals surface area contributed by atoms with Crippen LogP contribution in [0, 0.1) is 3.95 Å². The molecular weight excluding hydrogens is 276 g/mol. The summed E-state index contributed by atoms with van der Waals surface area (Å²) in [6.07, 6.45) is 1.66. The molecule has 5 heteroatoms. The van der Waals surface area contributed by atoms with Crippen molar-refractivity contribution >= 4 is 45.7 Å². The normalized spacial score (nSPS) is 11.4. The van der Waals surface area contributed by atoms with Crippen LogP contribution in [0.25, 0.3) is 10.2 Å². The van der Waals surface area contributed by atoms with E-state index in [0.29, 0.717) is 5.56 Å². The molecule has 0 fully saturated rings. The van der Waals surface area contributed by atoms with Gasteiger partial charge in [0.05, 0.1) is 15.9 Å². The molecule has 0 amide bonds. The minimum atomic E-state index is 0.227. The van der Waals surface area contributed by atoms with Crippen LogP contribution >= 0.6 is 23.6 Å². The summed E-state index contributed by atoms with van der Waals surface area (Å²) >= 11 is 6.63. The first-order chi connectivity index (χ1) is 9.22. The number of H-pyrrole nitrogens is 1. The molecule has 0 saturated carbocycles. The van der Waals surface area contributed by atoms with E-state index >= 15 is 0 Å². The summed E-state index contributed by atoms with van der Waals surface area (Å²) in [5.74, 6) is 0.227. The molecule has 3 rings (SSSR count).